The summed E-state index contributed by atoms with van der Waals surface area (Å²) in [7, 11) is 0. The van der Waals surface area contributed by atoms with E-state index >= 15 is 0 Å². The molecule has 0 aromatic heterocycles. The monoisotopic (exact) mass is 370 g/mol. The fourth-order valence-corrected chi connectivity index (χ4v) is 5.28. The molecule has 0 unspecified atom stereocenters. The number of ether oxygens (including phenoxy) is 1. The molecule has 2 bridgehead atoms. The van der Waals surface area contributed by atoms with Crippen LogP contribution in [0.2, 0.25) is 0 Å². The lowest BCUT2D eigenvalue weighted by molar-refractivity contribution is -0.122. The zero-order chi connectivity index (χ0) is 19.2. The van der Waals surface area contributed by atoms with Gasteiger partial charge in [0.1, 0.15) is 0 Å². The molecule has 2 amide bonds. The summed E-state index contributed by atoms with van der Waals surface area (Å²) in [6.45, 7) is 8.17. The Morgan fingerprint density at radius 3 is 2.85 bits per heavy atom. The maximum absolute atomic E-state index is 13.1. The van der Waals surface area contributed by atoms with E-state index in [-0.39, 0.29) is 23.5 Å². The van der Waals surface area contributed by atoms with E-state index in [0.29, 0.717) is 37.3 Å². The van der Waals surface area contributed by atoms with Crippen LogP contribution in [0.15, 0.2) is 24.3 Å². The fourth-order valence-electron chi connectivity index (χ4n) is 5.28. The number of likely N-dealkylation sites (tertiary alicyclic amines) is 1. The number of carbonyl (C=O) groups excluding carboxylic acids is 2. The van der Waals surface area contributed by atoms with Crippen LogP contribution >= 0.6 is 0 Å². The van der Waals surface area contributed by atoms with Crippen LogP contribution in [-0.2, 0) is 9.53 Å². The number of nitrogens with zero attached hydrogens (tertiary/aromatic N) is 1. The third kappa shape index (κ3) is 3.27. The van der Waals surface area contributed by atoms with Crippen molar-refractivity contribution in [1.82, 2.24) is 10.2 Å². The third-order valence-electron chi connectivity index (χ3n) is 6.58. The first kappa shape index (κ1) is 18.5. The van der Waals surface area contributed by atoms with Gasteiger partial charge in [0.15, 0.2) is 0 Å². The van der Waals surface area contributed by atoms with Crippen molar-refractivity contribution in [3.8, 4) is 0 Å². The molecular formula is C22H30N2O3. The Labute approximate surface area is 161 Å². The van der Waals surface area contributed by atoms with E-state index in [1.165, 1.54) is 0 Å². The highest BCUT2D eigenvalue weighted by Crippen LogP contribution is 2.54. The number of aryl methyl sites for hydroxylation is 1. The van der Waals surface area contributed by atoms with Crippen LogP contribution in [-0.4, -0.2) is 48.1 Å². The van der Waals surface area contributed by atoms with Gasteiger partial charge in [0, 0.05) is 36.9 Å². The van der Waals surface area contributed by atoms with Gasteiger partial charge in [-0.1, -0.05) is 32.0 Å². The SMILES string of the molecule is Cc1ccccc1C(=O)N1C[C@@H]2[C@H](CNC(=O)CC(C)C)[C@H]3CC[C@]2(C1)O3. The molecule has 3 aliphatic heterocycles. The summed E-state index contributed by atoms with van der Waals surface area (Å²) in [6, 6.07) is 7.78. The number of hydrogen-bond acceptors (Lipinski definition) is 3. The molecule has 5 heteroatoms. The van der Waals surface area contributed by atoms with E-state index in [2.05, 4.69) is 19.2 Å². The van der Waals surface area contributed by atoms with Crippen LogP contribution in [0.25, 0.3) is 0 Å². The third-order valence-corrected chi connectivity index (χ3v) is 6.58. The second kappa shape index (κ2) is 6.93. The molecule has 0 aliphatic carbocycles. The maximum atomic E-state index is 13.1. The summed E-state index contributed by atoms with van der Waals surface area (Å²) in [6.07, 6.45) is 2.85. The lowest BCUT2D eigenvalue weighted by atomic mass is 9.73. The van der Waals surface area contributed by atoms with E-state index in [0.717, 1.165) is 30.5 Å². The minimum Gasteiger partial charge on any atom is -0.369 e. The van der Waals surface area contributed by atoms with Crippen molar-refractivity contribution in [2.45, 2.75) is 51.7 Å². The summed E-state index contributed by atoms with van der Waals surface area (Å²) in [5.41, 5.74) is 1.60. The molecule has 3 aliphatic rings. The predicted octanol–water partition coefficient (Wildman–Crippen LogP) is 2.78. The van der Waals surface area contributed by atoms with Gasteiger partial charge < -0.3 is 15.0 Å². The molecule has 1 N–H and O–H groups in total. The average Bonchev–Trinajstić information content (AvgIpc) is 3.27. The molecule has 0 saturated carbocycles. The van der Waals surface area contributed by atoms with E-state index in [4.69, 9.17) is 4.74 Å². The van der Waals surface area contributed by atoms with Crippen molar-refractivity contribution in [1.29, 1.82) is 0 Å². The molecule has 5 nitrogen and oxygen atoms in total. The lowest BCUT2D eigenvalue weighted by Crippen LogP contribution is -2.42. The predicted molar refractivity (Wildman–Crippen MR) is 103 cm³/mol. The minimum atomic E-state index is -0.198. The first-order valence-electron chi connectivity index (χ1n) is 10.2. The minimum absolute atomic E-state index is 0.103. The molecule has 27 heavy (non-hydrogen) atoms. The van der Waals surface area contributed by atoms with Crippen LogP contribution in [0.5, 0.6) is 0 Å². The van der Waals surface area contributed by atoms with Crippen LogP contribution in [0.1, 0.15) is 49.0 Å². The Morgan fingerprint density at radius 2 is 2.11 bits per heavy atom. The van der Waals surface area contributed by atoms with Crippen molar-refractivity contribution in [3.05, 3.63) is 35.4 Å². The Kier molecular flexibility index (Phi) is 4.75. The molecule has 4 rings (SSSR count). The first-order chi connectivity index (χ1) is 12.9. The zero-order valence-electron chi connectivity index (χ0n) is 16.5. The van der Waals surface area contributed by atoms with Gasteiger partial charge in [-0.2, -0.15) is 0 Å². The fraction of sp³-hybridized carbons (Fsp3) is 0.636. The van der Waals surface area contributed by atoms with Crippen LogP contribution in [0.4, 0.5) is 0 Å². The van der Waals surface area contributed by atoms with Gasteiger partial charge in [-0.15, -0.1) is 0 Å². The van der Waals surface area contributed by atoms with E-state index in [1.54, 1.807) is 0 Å². The van der Waals surface area contributed by atoms with E-state index < -0.39 is 0 Å². The van der Waals surface area contributed by atoms with Gasteiger partial charge in [0.2, 0.25) is 5.91 Å². The first-order valence-corrected chi connectivity index (χ1v) is 10.2. The Bertz CT molecular complexity index is 747. The summed E-state index contributed by atoms with van der Waals surface area (Å²) in [4.78, 5) is 27.1. The van der Waals surface area contributed by atoms with Crippen molar-refractivity contribution in [2.24, 2.45) is 17.8 Å². The summed E-state index contributed by atoms with van der Waals surface area (Å²) in [5.74, 6) is 1.22. The topological polar surface area (TPSA) is 58.6 Å². The summed E-state index contributed by atoms with van der Waals surface area (Å²) >= 11 is 0. The quantitative estimate of drug-likeness (QED) is 0.867. The molecule has 4 atom stereocenters. The molecule has 146 valence electrons. The zero-order valence-corrected chi connectivity index (χ0v) is 16.5. The summed E-state index contributed by atoms with van der Waals surface area (Å²) < 4.78 is 6.41. The van der Waals surface area contributed by atoms with Gasteiger partial charge in [-0.25, -0.2) is 0 Å². The van der Waals surface area contributed by atoms with Gasteiger partial charge in [0.05, 0.1) is 18.2 Å². The van der Waals surface area contributed by atoms with Crippen molar-refractivity contribution in [2.75, 3.05) is 19.6 Å². The second-order valence-electron chi connectivity index (χ2n) is 8.93. The van der Waals surface area contributed by atoms with Gasteiger partial charge in [0.25, 0.3) is 5.91 Å². The highest BCUT2D eigenvalue weighted by Gasteiger charge is 2.63. The van der Waals surface area contributed by atoms with Crippen LogP contribution in [0.3, 0.4) is 0 Å². The van der Waals surface area contributed by atoms with Crippen LogP contribution in [0, 0.1) is 24.7 Å². The summed E-state index contributed by atoms with van der Waals surface area (Å²) in [5, 5.41) is 3.11. The molecule has 3 fully saturated rings. The van der Waals surface area contributed by atoms with Gasteiger partial charge in [-0.05, 0) is 37.3 Å². The number of nitrogens with one attached hydrogen (secondary N) is 1. The highest BCUT2D eigenvalue weighted by atomic mass is 16.5. The van der Waals surface area contributed by atoms with Gasteiger partial charge in [-0.3, -0.25) is 9.59 Å². The molecule has 1 spiro atoms. The normalized spacial score (nSPS) is 31.4. The molecule has 1 aromatic rings. The average molecular weight is 370 g/mol. The number of fused-ring (bicyclic) bond motifs is 1. The number of rotatable bonds is 5. The second-order valence-corrected chi connectivity index (χ2v) is 8.93. The number of hydrogen-bond donors (Lipinski definition) is 1. The molecule has 3 heterocycles. The van der Waals surface area contributed by atoms with Crippen LogP contribution < -0.4 is 5.32 Å². The number of benzene rings is 1. The van der Waals surface area contributed by atoms with E-state index in [9.17, 15) is 9.59 Å². The van der Waals surface area contributed by atoms with Gasteiger partial charge >= 0.3 is 0 Å². The number of carbonyl (C=O) groups is 2. The standard InChI is InChI=1S/C22H30N2O3/c1-14(2)10-20(25)23-11-17-18-12-24(13-22(18)9-8-19(17)27-22)21(26)16-7-5-4-6-15(16)3/h4-7,14,17-19H,8-13H2,1-3H3,(H,23,25)/t17-,18+,19+,22+/m0/s1. The Balaban J connectivity index is 1.45. The Morgan fingerprint density at radius 1 is 1.33 bits per heavy atom. The smallest absolute Gasteiger partial charge is 0.254 e. The Hall–Kier alpha value is -1.88. The molecule has 0 radical (unpaired) electrons. The molecule has 3 saturated heterocycles. The van der Waals surface area contributed by atoms with Crippen molar-refractivity contribution in [3.63, 3.8) is 0 Å². The van der Waals surface area contributed by atoms with Crippen molar-refractivity contribution < 1.29 is 14.3 Å². The van der Waals surface area contributed by atoms with E-state index in [1.807, 2.05) is 36.1 Å². The number of amides is 2. The highest BCUT2D eigenvalue weighted by molar-refractivity contribution is 5.96. The van der Waals surface area contributed by atoms with Crippen molar-refractivity contribution >= 4 is 11.8 Å². The maximum Gasteiger partial charge on any atom is 0.254 e. The molecule has 1 aromatic carbocycles. The largest absolute Gasteiger partial charge is 0.369 e. The lowest BCUT2D eigenvalue weighted by Gasteiger charge is -2.29. The molecular weight excluding hydrogens is 340 g/mol.